The summed E-state index contributed by atoms with van der Waals surface area (Å²) in [7, 11) is 0. The minimum absolute atomic E-state index is 0.204. The van der Waals surface area contributed by atoms with E-state index in [1.165, 1.54) is 17.5 Å². The fourth-order valence-electron chi connectivity index (χ4n) is 5.03. The van der Waals surface area contributed by atoms with Crippen molar-refractivity contribution in [2.75, 3.05) is 32.8 Å². The van der Waals surface area contributed by atoms with Crippen molar-refractivity contribution in [2.45, 2.75) is 32.4 Å². The van der Waals surface area contributed by atoms with Gasteiger partial charge in [-0.05, 0) is 36.4 Å². The van der Waals surface area contributed by atoms with Gasteiger partial charge in [0.1, 0.15) is 0 Å². The first-order valence-corrected chi connectivity index (χ1v) is 10.9. The summed E-state index contributed by atoms with van der Waals surface area (Å²) in [5.74, 6) is 1.35. The van der Waals surface area contributed by atoms with Gasteiger partial charge in [-0.3, -0.25) is 4.79 Å². The second-order valence-corrected chi connectivity index (χ2v) is 8.46. The normalized spacial score (nSPS) is 24.0. The Bertz CT molecular complexity index is 780. The van der Waals surface area contributed by atoms with Crippen molar-refractivity contribution in [3.63, 3.8) is 0 Å². The third-order valence-corrected chi connectivity index (χ3v) is 6.41. The molecule has 0 unspecified atom stereocenters. The van der Waals surface area contributed by atoms with Crippen LogP contribution in [0.4, 0.5) is 0 Å². The molecule has 0 aliphatic carbocycles. The number of hydrogen-bond acceptors (Lipinski definition) is 3. The van der Waals surface area contributed by atoms with Crippen LogP contribution in [0.2, 0.25) is 0 Å². The predicted octanol–water partition coefficient (Wildman–Crippen LogP) is 4.13. The Morgan fingerprint density at radius 1 is 0.966 bits per heavy atom. The van der Waals surface area contributed by atoms with Crippen LogP contribution in [0.25, 0.3) is 0 Å². The Hall–Kier alpha value is -2.17. The molecule has 4 rings (SSSR count). The molecule has 154 valence electrons. The lowest BCUT2D eigenvalue weighted by atomic mass is 9.89. The molecule has 0 N–H and O–H groups in total. The fourth-order valence-corrected chi connectivity index (χ4v) is 5.03. The molecule has 0 bridgehead atoms. The first-order chi connectivity index (χ1) is 14.2. The fraction of sp³-hybridized carbons (Fsp3) is 0.480. The maximum absolute atomic E-state index is 12.2. The second kappa shape index (κ2) is 9.55. The van der Waals surface area contributed by atoms with E-state index in [9.17, 15) is 4.79 Å². The molecule has 3 atom stereocenters. The van der Waals surface area contributed by atoms with E-state index in [1.807, 2.05) is 6.07 Å². The highest BCUT2D eigenvalue weighted by atomic mass is 16.5. The van der Waals surface area contributed by atoms with E-state index < -0.39 is 0 Å². The minimum Gasteiger partial charge on any atom is -0.377 e. The molecule has 2 aromatic rings. The van der Waals surface area contributed by atoms with Crippen molar-refractivity contribution < 1.29 is 9.53 Å². The SMILES string of the molecule is CC(=O)N1C[C@H]2CN(CCCCOCc3ccccc3)C[C@H]2[C@H]1c1ccccc1. The monoisotopic (exact) mass is 392 g/mol. The number of nitrogens with zero attached hydrogens (tertiary/aromatic N) is 2. The molecule has 4 heteroatoms. The van der Waals surface area contributed by atoms with E-state index in [0.29, 0.717) is 18.4 Å². The molecule has 0 radical (unpaired) electrons. The third-order valence-electron chi connectivity index (χ3n) is 6.41. The Balaban J connectivity index is 1.23. The van der Waals surface area contributed by atoms with Crippen LogP contribution < -0.4 is 0 Å². The van der Waals surface area contributed by atoms with Crippen molar-refractivity contribution in [2.24, 2.45) is 11.8 Å². The predicted molar refractivity (Wildman–Crippen MR) is 115 cm³/mol. The highest BCUT2D eigenvalue weighted by molar-refractivity contribution is 5.74. The van der Waals surface area contributed by atoms with Crippen LogP contribution >= 0.6 is 0 Å². The van der Waals surface area contributed by atoms with Gasteiger partial charge < -0.3 is 14.5 Å². The molecule has 4 nitrogen and oxygen atoms in total. The largest absolute Gasteiger partial charge is 0.377 e. The van der Waals surface area contributed by atoms with Gasteiger partial charge in [0.25, 0.3) is 0 Å². The number of amides is 1. The number of fused-ring (bicyclic) bond motifs is 1. The Labute approximate surface area is 174 Å². The van der Waals surface area contributed by atoms with E-state index in [0.717, 1.165) is 39.2 Å². The van der Waals surface area contributed by atoms with E-state index in [-0.39, 0.29) is 11.9 Å². The summed E-state index contributed by atoms with van der Waals surface area (Å²) in [4.78, 5) is 16.9. The number of unbranched alkanes of at least 4 members (excludes halogenated alkanes) is 1. The standard InChI is InChI=1S/C25H32N2O2/c1-20(28)27-17-23-16-26(18-24(23)25(27)22-12-6-3-7-13-22)14-8-9-15-29-19-21-10-4-2-5-11-21/h2-7,10-13,23-25H,8-9,14-19H2,1H3/t23-,24-,25-/m1/s1. The van der Waals surface area contributed by atoms with Gasteiger partial charge in [0.15, 0.2) is 0 Å². The smallest absolute Gasteiger partial charge is 0.219 e. The number of likely N-dealkylation sites (tertiary alicyclic amines) is 2. The Kier molecular flexibility index (Phi) is 6.63. The second-order valence-electron chi connectivity index (χ2n) is 8.46. The van der Waals surface area contributed by atoms with E-state index in [2.05, 4.69) is 64.4 Å². The van der Waals surface area contributed by atoms with Crippen molar-refractivity contribution in [1.29, 1.82) is 0 Å². The molecule has 2 aliphatic rings. The Morgan fingerprint density at radius 3 is 2.41 bits per heavy atom. The van der Waals surface area contributed by atoms with Gasteiger partial charge in [-0.2, -0.15) is 0 Å². The molecule has 2 saturated heterocycles. The van der Waals surface area contributed by atoms with Crippen molar-refractivity contribution >= 4 is 5.91 Å². The van der Waals surface area contributed by atoms with E-state index in [4.69, 9.17) is 4.74 Å². The summed E-state index contributed by atoms with van der Waals surface area (Å²) in [6, 6.07) is 21.2. The molecule has 1 amide bonds. The van der Waals surface area contributed by atoms with Gasteiger partial charge in [0, 0.05) is 39.1 Å². The van der Waals surface area contributed by atoms with Gasteiger partial charge in [-0.1, -0.05) is 60.7 Å². The first-order valence-electron chi connectivity index (χ1n) is 10.9. The first kappa shape index (κ1) is 20.1. The molecule has 2 fully saturated rings. The topological polar surface area (TPSA) is 32.8 Å². The highest BCUT2D eigenvalue weighted by Crippen LogP contribution is 2.44. The number of benzene rings is 2. The van der Waals surface area contributed by atoms with Crippen LogP contribution in [0.1, 0.15) is 36.9 Å². The van der Waals surface area contributed by atoms with E-state index >= 15 is 0 Å². The molecule has 0 aromatic heterocycles. The molecular weight excluding hydrogens is 360 g/mol. The Morgan fingerprint density at radius 2 is 1.69 bits per heavy atom. The third kappa shape index (κ3) is 4.88. The van der Waals surface area contributed by atoms with Crippen molar-refractivity contribution in [3.8, 4) is 0 Å². The summed E-state index contributed by atoms with van der Waals surface area (Å²) in [6.45, 7) is 7.47. The zero-order valence-electron chi connectivity index (χ0n) is 17.4. The van der Waals surface area contributed by atoms with Gasteiger partial charge in [0.05, 0.1) is 12.6 Å². The van der Waals surface area contributed by atoms with Crippen LogP contribution in [0, 0.1) is 11.8 Å². The van der Waals surface area contributed by atoms with Crippen LogP contribution in [-0.2, 0) is 16.1 Å². The lowest BCUT2D eigenvalue weighted by Gasteiger charge is -2.29. The van der Waals surface area contributed by atoms with E-state index in [1.54, 1.807) is 6.92 Å². The summed E-state index contributed by atoms with van der Waals surface area (Å²) in [5.41, 5.74) is 2.52. The lowest BCUT2D eigenvalue weighted by Crippen LogP contribution is -2.34. The summed E-state index contributed by atoms with van der Waals surface area (Å²) < 4.78 is 5.81. The summed E-state index contributed by atoms with van der Waals surface area (Å²) >= 11 is 0. The van der Waals surface area contributed by atoms with Gasteiger partial charge >= 0.3 is 0 Å². The van der Waals surface area contributed by atoms with Gasteiger partial charge in [-0.25, -0.2) is 0 Å². The number of carbonyl (C=O) groups excluding carboxylic acids is 1. The molecular formula is C25H32N2O2. The maximum Gasteiger partial charge on any atom is 0.219 e. The molecule has 2 heterocycles. The minimum atomic E-state index is 0.204. The number of rotatable bonds is 8. The van der Waals surface area contributed by atoms with Crippen LogP contribution in [0.3, 0.4) is 0 Å². The number of hydrogen-bond donors (Lipinski definition) is 0. The molecule has 29 heavy (non-hydrogen) atoms. The summed E-state index contributed by atoms with van der Waals surface area (Å²) in [5, 5.41) is 0. The van der Waals surface area contributed by atoms with Crippen LogP contribution in [0.15, 0.2) is 60.7 Å². The van der Waals surface area contributed by atoms with Crippen LogP contribution in [-0.4, -0.2) is 48.5 Å². The molecule has 2 aliphatic heterocycles. The van der Waals surface area contributed by atoms with Crippen molar-refractivity contribution in [1.82, 2.24) is 9.80 Å². The quantitative estimate of drug-likeness (QED) is 0.633. The lowest BCUT2D eigenvalue weighted by molar-refractivity contribution is -0.130. The number of carbonyl (C=O) groups is 1. The van der Waals surface area contributed by atoms with Crippen LogP contribution in [0.5, 0.6) is 0 Å². The number of ether oxygens (including phenoxy) is 1. The maximum atomic E-state index is 12.2. The average molecular weight is 393 g/mol. The highest BCUT2D eigenvalue weighted by Gasteiger charge is 2.48. The molecule has 0 saturated carbocycles. The zero-order valence-corrected chi connectivity index (χ0v) is 17.4. The molecule has 2 aromatic carbocycles. The average Bonchev–Trinajstić information content (AvgIpc) is 3.29. The molecule has 0 spiro atoms. The van der Waals surface area contributed by atoms with Crippen molar-refractivity contribution in [3.05, 3.63) is 71.8 Å². The van der Waals surface area contributed by atoms with Gasteiger partial charge in [0.2, 0.25) is 5.91 Å². The summed E-state index contributed by atoms with van der Waals surface area (Å²) in [6.07, 6.45) is 2.26. The van der Waals surface area contributed by atoms with Gasteiger partial charge in [-0.15, -0.1) is 0 Å². The zero-order chi connectivity index (χ0) is 20.1.